The molecule has 1 N–H and O–H groups in total. The van der Waals surface area contributed by atoms with Gasteiger partial charge in [-0.05, 0) is 54.1 Å². The lowest BCUT2D eigenvalue weighted by molar-refractivity contribution is 0.0535. The SMILES string of the molecule is O=C(c1ccc(Cl)cc1)N1CCN(C(=O)c2cccc(Cn3c(=O)[nH]c(=O)c4ccccc43)c2)CC1. The van der Waals surface area contributed by atoms with Gasteiger partial charge in [-0.3, -0.25) is 23.9 Å². The van der Waals surface area contributed by atoms with Crippen LogP contribution < -0.4 is 11.2 Å². The fourth-order valence-corrected chi connectivity index (χ4v) is 4.58. The fraction of sp³-hybridized carbons (Fsp3) is 0.185. The molecule has 0 atom stereocenters. The second kappa shape index (κ2) is 9.83. The smallest absolute Gasteiger partial charge is 0.329 e. The predicted molar refractivity (Wildman–Crippen MR) is 138 cm³/mol. The second-order valence-corrected chi connectivity index (χ2v) is 9.09. The van der Waals surface area contributed by atoms with Gasteiger partial charge < -0.3 is 9.80 Å². The fourth-order valence-electron chi connectivity index (χ4n) is 4.45. The number of piperazine rings is 1. The first-order valence-corrected chi connectivity index (χ1v) is 11.9. The van der Waals surface area contributed by atoms with Gasteiger partial charge in [-0.2, -0.15) is 0 Å². The number of H-pyrrole nitrogens is 1. The van der Waals surface area contributed by atoms with Crippen molar-refractivity contribution < 1.29 is 9.59 Å². The molecule has 0 radical (unpaired) electrons. The lowest BCUT2D eigenvalue weighted by atomic mass is 10.1. The third-order valence-corrected chi connectivity index (χ3v) is 6.62. The van der Waals surface area contributed by atoms with E-state index in [0.29, 0.717) is 53.2 Å². The molecule has 182 valence electrons. The zero-order valence-electron chi connectivity index (χ0n) is 19.3. The zero-order chi connectivity index (χ0) is 25.2. The van der Waals surface area contributed by atoms with E-state index in [-0.39, 0.29) is 18.4 Å². The van der Waals surface area contributed by atoms with Crippen molar-refractivity contribution in [1.82, 2.24) is 19.4 Å². The molecule has 0 aliphatic carbocycles. The van der Waals surface area contributed by atoms with Crippen molar-refractivity contribution >= 4 is 34.3 Å². The Morgan fingerprint density at radius 1 is 0.778 bits per heavy atom. The van der Waals surface area contributed by atoms with Gasteiger partial charge in [-0.25, -0.2) is 4.79 Å². The van der Waals surface area contributed by atoms with Gasteiger partial charge in [0.15, 0.2) is 0 Å². The minimum atomic E-state index is -0.503. The predicted octanol–water partition coefficient (Wildman–Crippen LogP) is 2.99. The highest BCUT2D eigenvalue weighted by Gasteiger charge is 2.25. The molecule has 36 heavy (non-hydrogen) atoms. The molecule has 0 spiro atoms. The molecule has 0 unspecified atom stereocenters. The van der Waals surface area contributed by atoms with Crippen molar-refractivity contribution in [3.8, 4) is 0 Å². The van der Waals surface area contributed by atoms with Crippen LogP contribution in [-0.4, -0.2) is 57.3 Å². The van der Waals surface area contributed by atoms with Crippen LogP contribution in [0.5, 0.6) is 0 Å². The molecule has 1 aliphatic rings. The third-order valence-electron chi connectivity index (χ3n) is 6.36. The quantitative estimate of drug-likeness (QED) is 0.464. The molecule has 2 amide bonds. The van der Waals surface area contributed by atoms with Crippen LogP contribution in [0.2, 0.25) is 5.02 Å². The highest BCUT2D eigenvalue weighted by atomic mass is 35.5. The van der Waals surface area contributed by atoms with E-state index in [0.717, 1.165) is 5.56 Å². The van der Waals surface area contributed by atoms with Crippen molar-refractivity contribution in [2.45, 2.75) is 6.54 Å². The number of halogens is 1. The molecule has 3 aromatic carbocycles. The number of nitrogens with one attached hydrogen (secondary N) is 1. The van der Waals surface area contributed by atoms with E-state index >= 15 is 0 Å². The molecule has 9 heteroatoms. The summed E-state index contributed by atoms with van der Waals surface area (Å²) in [6, 6.07) is 20.8. The molecular formula is C27H23ClN4O4. The number of fused-ring (bicyclic) bond motifs is 1. The van der Waals surface area contributed by atoms with Crippen molar-refractivity contribution in [3.05, 3.63) is 115 Å². The Labute approximate surface area is 211 Å². The highest BCUT2D eigenvalue weighted by molar-refractivity contribution is 6.30. The number of nitrogens with zero attached hydrogens (tertiary/aromatic N) is 3. The molecule has 8 nitrogen and oxygen atoms in total. The number of rotatable bonds is 4. The summed E-state index contributed by atoms with van der Waals surface area (Å²) in [6.07, 6.45) is 0. The summed E-state index contributed by atoms with van der Waals surface area (Å²) < 4.78 is 1.49. The Kier molecular flexibility index (Phi) is 6.43. The van der Waals surface area contributed by atoms with Crippen LogP contribution in [0, 0.1) is 0 Å². The van der Waals surface area contributed by atoms with E-state index in [1.165, 1.54) is 4.57 Å². The largest absolute Gasteiger partial charge is 0.335 e. The van der Waals surface area contributed by atoms with E-state index in [2.05, 4.69) is 4.98 Å². The highest BCUT2D eigenvalue weighted by Crippen LogP contribution is 2.16. The molecule has 0 saturated carbocycles. The Hall–Kier alpha value is -4.17. The average molecular weight is 503 g/mol. The van der Waals surface area contributed by atoms with Crippen LogP contribution in [-0.2, 0) is 6.54 Å². The maximum Gasteiger partial charge on any atom is 0.329 e. The van der Waals surface area contributed by atoms with Gasteiger partial charge in [-0.15, -0.1) is 0 Å². The Morgan fingerprint density at radius 2 is 1.42 bits per heavy atom. The van der Waals surface area contributed by atoms with Gasteiger partial charge in [-0.1, -0.05) is 35.9 Å². The van der Waals surface area contributed by atoms with E-state index in [4.69, 9.17) is 11.6 Å². The topological polar surface area (TPSA) is 95.5 Å². The summed E-state index contributed by atoms with van der Waals surface area (Å²) in [6.45, 7) is 1.93. The number of hydrogen-bond acceptors (Lipinski definition) is 4. The Balaban J connectivity index is 1.30. The maximum absolute atomic E-state index is 13.2. The number of carbonyl (C=O) groups excluding carboxylic acids is 2. The number of carbonyl (C=O) groups is 2. The summed E-state index contributed by atoms with van der Waals surface area (Å²) in [5.41, 5.74) is 1.44. The molecule has 4 aromatic rings. The number of para-hydroxylation sites is 1. The van der Waals surface area contributed by atoms with E-state index in [1.54, 1.807) is 76.5 Å². The van der Waals surface area contributed by atoms with Crippen LogP contribution in [0.25, 0.3) is 10.9 Å². The maximum atomic E-state index is 13.2. The lowest BCUT2D eigenvalue weighted by Gasteiger charge is -2.35. The first-order chi connectivity index (χ1) is 17.4. The van der Waals surface area contributed by atoms with Crippen molar-refractivity contribution in [1.29, 1.82) is 0 Å². The average Bonchev–Trinajstić information content (AvgIpc) is 2.91. The normalized spacial score (nSPS) is 13.7. The summed E-state index contributed by atoms with van der Waals surface area (Å²) >= 11 is 5.91. The summed E-state index contributed by atoms with van der Waals surface area (Å²) in [5, 5.41) is 0.998. The minimum Gasteiger partial charge on any atom is -0.335 e. The second-order valence-electron chi connectivity index (χ2n) is 8.65. The standard InChI is InChI=1S/C27H23ClN4O4/c28-21-10-8-19(9-11-21)25(34)30-12-14-31(15-13-30)26(35)20-5-3-4-18(16-20)17-32-23-7-2-1-6-22(23)24(33)29-27(32)36/h1-11,16H,12-15,17H2,(H,29,33,36). The monoisotopic (exact) mass is 502 g/mol. The van der Waals surface area contributed by atoms with E-state index in [1.807, 2.05) is 6.07 Å². The molecule has 5 rings (SSSR count). The van der Waals surface area contributed by atoms with Gasteiger partial charge in [0.1, 0.15) is 0 Å². The minimum absolute atomic E-state index is 0.0839. The molecule has 1 fully saturated rings. The molecule has 1 aromatic heterocycles. The van der Waals surface area contributed by atoms with Gasteiger partial charge in [0.25, 0.3) is 17.4 Å². The van der Waals surface area contributed by atoms with Gasteiger partial charge in [0.2, 0.25) is 0 Å². The number of aromatic nitrogens is 2. The summed E-state index contributed by atoms with van der Waals surface area (Å²) in [5.74, 6) is -0.214. The molecule has 1 saturated heterocycles. The van der Waals surface area contributed by atoms with Crippen LogP contribution in [0.15, 0.2) is 82.4 Å². The summed E-state index contributed by atoms with van der Waals surface area (Å²) in [7, 11) is 0. The molecule has 2 heterocycles. The Morgan fingerprint density at radius 3 is 2.11 bits per heavy atom. The first kappa shape index (κ1) is 23.6. The van der Waals surface area contributed by atoms with Crippen molar-refractivity contribution in [2.75, 3.05) is 26.2 Å². The Bertz CT molecular complexity index is 1570. The zero-order valence-corrected chi connectivity index (χ0v) is 20.1. The van der Waals surface area contributed by atoms with Crippen molar-refractivity contribution in [3.63, 3.8) is 0 Å². The number of amides is 2. The molecule has 0 bridgehead atoms. The number of benzene rings is 3. The van der Waals surface area contributed by atoms with Gasteiger partial charge >= 0.3 is 5.69 Å². The van der Waals surface area contributed by atoms with Gasteiger partial charge in [0, 0.05) is 42.3 Å². The van der Waals surface area contributed by atoms with Crippen LogP contribution in [0.1, 0.15) is 26.3 Å². The first-order valence-electron chi connectivity index (χ1n) is 11.6. The van der Waals surface area contributed by atoms with Gasteiger partial charge in [0.05, 0.1) is 17.4 Å². The van der Waals surface area contributed by atoms with Crippen molar-refractivity contribution in [2.24, 2.45) is 0 Å². The number of hydrogen-bond donors (Lipinski definition) is 1. The lowest BCUT2D eigenvalue weighted by Crippen LogP contribution is -2.50. The number of aromatic amines is 1. The summed E-state index contributed by atoms with van der Waals surface area (Å²) in [4.78, 5) is 56.4. The van der Waals surface area contributed by atoms with E-state index < -0.39 is 11.2 Å². The van der Waals surface area contributed by atoms with E-state index in [9.17, 15) is 19.2 Å². The van der Waals surface area contributed by atoms with Crippen LogP contribution in [0.3, 0.4) is 0 Å². The molecular weight excluding hydrogens is 480 g/mol. The third kappa shape index (κ3) is 4.67. The van der Waals surface area contributed by atoms with Crippen LogP contribution >= 0.6 is 11.6 Å². The molecule has 1 aliphatic heterocycles. The van der Waals surface area contributed by atoms with Crippen LogP contribution in [0.4, 0.5) is 0 Å².